The standard InChI is InChI=1S/C9H17N5O3S2/c1-14(2)9-13-7(10)6(18-9)8(15)12-4-3-5-19(11,16)17/h3-5,10H2,1-2H3,(H,12,15)(H2,11,16,17). The van der Waals surface area contributed by atoms with Crippen molar-refractivity contribution in [1.82, 2.24) is 10.3 Å². The Bertz CT molecular complexity index is 552. The molecule has 0 radical (unpaired) electrons. The van der Waals surface area contributed by atoms with Gasteiger partial charge < -0.3 is 16.0 Å². The van der Waals surface area contributed by atoms with E-state index < -0.39 is 10.0 Å². The number of sulfonamides is 1. The monoisotopic (exact) mass is 307 g/mol. The molecule has 0 atom stereocenters. The van der Waals surface area contributed by atoms with Crippen LogP contribution in [0.15, 0.2) is 0 Å². The van der Waals surface area contributed by atoms with E-state index >= 15 is 0 Å². The lowest BCUT2D eigenvalue weighted by molar-refractivity contribution is 0.0958. The van der Waals surface area contributed by atoms with Crippen molar-refractivity contribution in [3.63, 3.8) is 0 Å². The minimum atomic E-state index is -3.49. The number of hydrogen-bond donors (Lipinski definition) is 3. The normalized spacial score (nSPS) is 11.3. The molecule has 0 bridgehead atoms. The Morgan fingerprint density at radius 3 is 2.58 bits per heavy atom. The van der Waals surface area contributed by atoms with Crippen molar-refractivity contribution in [3.8, 4) is 0 Å². The van der Waals surface area contributed by atoms with E-state index in [-0.39, 0.29) is 30.4 Å². The van der Waals surface area contributed by atoms with Gasteiger partial charge in [-0.15, -0.1) is 0 Å². The molecule has 0 saturated heterocycles. The number of nitrogens with zero attached hydrogens (tertiary/aromatic N) is 2. The van der Waals surface area contributed by atoms with Crippen LogP contribution in [0.25, 0.3) is 0 Å². The number of primary sulfonamides is 1. The van der Waals surface area contributed by atoms with E-state index in [0.29, 0.717) is 10.0 Å². The Kier molecular flexibility index (Phi) is 5.09. The summed E-state index contributed by atoms with van der Waals surface area (Å²) in [6.45, 7) is 0.212. The highest BCUT2D eigenvalue weighted by Crippen LogP contribution is 2.26. The molecule has 0 aliphatic heterocycles. The minimum absolute atomic E-state index is 0.164. The number of thiazole rings is 1. The van der Waals surface area contributed by atoms with Crippen molar-refractivity contribution in [2.24, 2.45) is 5.14 Å². The Labute approximate surface area is 115 Å². The predicted octanol–water partition coefficient (Wildman–Crippen LogP) is -0.800. The maximum Gasteiger partial charge on any atom is 0.265 e. The first-order valence-corrected chi connectivity index (χ1v) is 7.96. The molecule has 1 amide bonds. The fraction of sp³-hybridized carbons (Fsp3) is 0.556. The third kappa shape index (κ3) is 5.01. The highest BCUT2D eigenvalue weighted by molar-refractivity contribution is 7.89. The summed E-state index contributed by atoms with van der Waals surface area (Å²) >= 11 is 1.17. The zero-order valence-electron chi connectivity index (χ0n) is 10.7. The van der Waals surface area contributed by atoms with E-state index in [4.69, 9.17) is 10.9 Å². The molecular formula is C9H17N5O3S2. The van der Waals surface area contributed by atoms with Crippen molar-refractivity contribution in [2.45, 2.75) is 6.42 Å². The van der Waals surface area contributed by atoms with Crippen LogP contribution in [-0.2, 0) is 10.0 Å². The van der Waals surface area contributed by atoms with Gasteiger partial charge in [0.05, 0.1) is 5.75 Å². The van der Waals surface area contributed by atoms with E-state index in [1.807, 2.05) is 0 Å². The predicted molar refractivity (Wildman–Crippen MR) is 75.8 cm³/mol. The number of nitrogens with two attached hydrogens (primary N) is 2. The third-order valence-electron chi connectivity index (χ3n) is 2.12. The van der Waals surface area contributed by atoms with Crippen LogP contribution in [0.3, 0.4) is 0 Å². The second kappa shape index (κ2) is 6.17. The molecular weight excluding hydrogens is 290 g/mol. The summed E-state index contributed by atoms with van der Waals surface area (Å²) in [5.41, 5.74) is 5.65. The molecule has 1 heterocycles. The van der Waals surface area contributed by atoms with Crippen LogP contribution in [0.5, 0.6) is 0 Å². The molecule has 1 aromatic heterocycles. The number of rotatable bonds is 6. The van der Waals surface area contributed by atoms with Gasteiger partial charge >= 0.3 is 0 Å². The van der Waals surface area contributed by atoms with Crippen molar-refractivity contribution < 1.29 is 13.2 Å². The number of amides is 1. The first kappa shape index (κ1) is 15.7. The molecule has 1 rings (SSSR count). The zero-order chi connectivity index (χ0) is 14.6. The SMILES string of the molecule is CN(C)c1nc(N)c(C(=O)NCCCS(N)(=O)=O)s1. The van der Waals surface area contributed by atoms with E-state index in [1.165, 1.54) is 11.3 Å². The maximum atomic E-state index is 11.8. The van der Waals surface area contributed by atoms with Gasteiger partial charge in [-0.05, 0) is 6.42 Å². The molecule has 0 aromatic carbocycles. The summed E-state index contributed by atoms with van der Waals surface area (Å²) in [7, 11) is 0.101. The lowest BCUT2D eigenvalue weighted by atomic mass is 10.4. The molecule has 0 aliphatic carbocycles. The number of aromatic nitrogens is 1. The smallest absolute Gasteiger partial charge is 0.265 e. The summed E-state index contributed by atoms with van der Waals surface area (Å²) in [4.78, 5) is 17.9. The van der Waals surface area contributed by atoms with Gasteiger partial charge in [0.25, 0.3) is 5.91 Å². The Balaban J connectivity index is 2.54. The number of hydrogen-bond acceptors (Lipinski definition) is 7. The first-order valence-electron chi connectivity index (χ1n) is 5.43. The fourth-order valence-electron chi connectivity index (χ4n) is 1.23. The summed E-state index contributed by atoms with van der Waals surface area (Å²) < 4.78 is 21.4. The number of carbonyl (C=O) groups is 1. The first-order chi connectivity index (χ1) is 8.70. The molecule has 0 unspecified atom stereocenters. The van der Waals surface area contributed by atoms with Gasteiger partial charge in [-0.3, -0.25) is 4.79 Å². The molecule has 0 saturated carbocycles. The van der Waals surface area contributed by atoms with Gasteiger partial charge in [-0.25, -0.2) is 18.5 Å². The van der Waals surface area contributed by atoms with Crippen LogP contribution in [0.2, 0.25) is 0 Å². The van der Waals surface area contributed by atoms with Crippen molar-refractivity contribution in [1.29, 1.82) is 0 Å². The lowest BCUT2D eigenvalue weighted by Gasteiger charge is -2.05. The van der Waals surface area contributed by atoms with E-state index in [2.05, 4.69) is 10.3 Å². The molecule has 10 heteroatoms. The number of nitrogens with one attached hydrogen (secondary N) is 1. The van der Waals surface area contributed by atoms with Crippen LogP contribution in [0, 0.1) is 0 Å². The van der Waals surface area contributed by atoms with Crippen LogP contribution in [0.1, 0.15) is 16.1 Å². The highest BCUT2D eigenvalue weighted by Gasteiger charge is 2.16. The van der Waals surface area contributed by atoms with E-state index in [1.54, 1.807) is 19.0 Å². The molecule has 0 aliphatic rings. The quantitative estimate of drug-likeness (QED) is 0.590. The number of anilines is 2. The van der Waals surface area contributed by atoms with Gasteiger partial charge in [0.2, 0.25) is 10.0 Å². The minimum Gasteiger partial charge on any atom is -0.382 e. The Hall–Kier alpha value is -1.39. The second-order valence-corrected chi connectivity index (χ2v) is 6.79. The molecule has 19 heavy (non-hydrogen) atoms. The van der Waals surface area contributed by atoms with Gasteiger partial charge in [-0.2, -0.15) is 0 Å². The zero-order valence-corrected chi connectivity index (χ0v) is 12.3. The van der Waals surface area contributed by atoms with Crippen LogP contribution in [-0.4, -0.2) is 45.7 Å². The summed E-state index contributed by atoms with van der Waals surface area (Å²) in [5.74, 6) is -0.371. The van der Waals surface area contributed by atoms with Gasteiger partial charge in [-0.1, -0.05) is 11.3 Å². The molecule has 0 spiro atoms. The largest absolute Gasteiger partial charge is 0.382 e. The molecule has 108 valence electrons. The highest BCUT2D eigenvalue weighted by atomic mass is 32.2. The van der Waals surface area contributed by atoms with Crippen molar-refractivity contribution in [3.05, 3.63) is 4.88 Å². The van der Waals surface area contributed by atoms with E-state index in [0.717, 1.165) is 0 Å². The summed E-state index contributed by atoms with van der Waals surface area (Å²) in [6.07, 6.45) is 0.254. The van der Waals surface area contributed by atoms with Crippen LogP contribution < -0.4 is 21.1 Å². The van der Waals surface area contributed by atoms with Crippen molar-refractivity contribution in [2.75, 3.05) is 37.0 Å². The fourth-order valence-corrected chi connectivity index (χ4v) is 2.60. The topological polar surface area (TPSA) is 131 Å². The number of nitrogen functional groups attached to an aromatic ring is 1. The van der Waals surface area contributed by atoms with Gasteiger partial charge in [0.1, 0.15) is 10.7 Å². The summed E-state index contributed by atoms with van der Waals surface area (Å²) in [6, 6.07) is 0. The van der Waals surface area contributed by atoms with Crippen molar-refractivity contribution >= 4 is 38.2 Å². The summed E-state index contributed by atoms with van der Waals surface area (Å²) in [5, 5.41) is 8.06. The van der Waals surface area contributed by atoms with Crippen LogP contribution >= 0.6 is 11.3 Å². The molecule has 0 fully saturated rings. The average Bonchev–Trinajstić information content (AvgIpc) is 2.65. The number of carbonyl (C=O) groups excluding carboxylic acids is 1. The van der Waals surface area contributed by atoms with Crippen LogP contribution in [0.4, 0.5) is 10.9 Å². The molecule has 1 aromatic rings. The Morgan fingerprint density at radius 2 is 2.11 bits per heavy atom. The second-order valence-electron chi connectivity index (χ2n) is 4.08. The molecule has 8 nitrogen and oxygen atoms in total. The van der Waals surface area contributed by atoms with Gasteiger partial charge in [0, 0.05) is 20.6 Å². The lowest BCUT2D eigenvalue weighted by Crippen LogP contribution is -2.27. The van der Waals surface area contributed by atoms with E-state index in [9.17, 15) is 13.2 Å². The molecule has 5 N–H and O–H groups in total. The maximum absolute atomic E-state index is 11.8. The third-order valence-corrected chi connectivity index (χ3v) is 4.22. The average molecular weight is 307 g/mol. The Morgan fingerprint density at radius 1 is 1.47 bits per heavy atom. The van der Waals surface area contributed by atoms with Gasteiger partial charge in [0.15, 0.2) is 5.13 Å².